The smallest absolute Gasteiger partial charge is 0.335 e. The zero-order chi connectivity index (χ0) is 19.8. The van der Waals surface area contributed by atoms with Gasteiger partial charge in [0.05, 0.1) is 12.7 Å². The van der Waals surface area contributed by atoms with Crippen LogP contribution >= 0.6 is 0 Å². The largest absolute Gasteiger partial charge is 0.497 e. The molecule has 0 bridgehead atoms. The number of rotatable bonds is 8. The molecule has 0 saturated heterocycles. The summed E-state index contributed by atoms with van der Waals surface area (Å²) in [7, 11) is 3.42. The Bertz CT molecular complexity index is 757. The van der Waals surface area contributed by atoms with Gasteiger partial charge < -0.3 is 20.1 Å². The normalized spacial score (nSPS) is 11.5. The van der Waals surface area contributed by atoms with Crippen LogP contribution < -0.4 is 10.1 Å². The number of nitrogens with one attached hydrogen (secondary N) is 1. The van der Waals surface area contributed by atoms with E-state index in [2.05, 4.69) is 12.2 Å². The average Bonchev–Trinajstić information content (AvgIpc) is 2.66. The molecule has 0 aromatic heterocycles. The summed E-state index contributed by atoms with van der Waals surface area (Å²) in [5.74, 6) is 0.180. The third-order valence-electron chi connectivity index (χ3n) is 4.32. The van der Waals surface area contributed by atoms with Crippen LogP contribution in [-0.4, -0.2) is 42.7 Å². The molecule has 2 N–H and O–H groups in total. The second-order valence-electron chi connectivity index (χ2n) is 6.70. The second-order valence-corrected chi connectivity index (χ2v) is 6.70. The van der Waals surface area contributed by atoms with Gasteiger partial charge in [-0.3, -0.25) is 0 Å². The molecule has 2 aromatic rings. The molecule has 0 saturated carbocycles. The Morgan fingerprint density at radius 3 is 2.22 bits per heavy atom. The van der Waals surface area contributed by atoms with Gasteiger partial charge in [-0.05, 0) is 47.7 Å². The molecule has 0 aliphatic heterocycles. The number of methoxy groups -OCH3 is 1. The predicted molar refractivity (Wildman–Crippen MR) is 104 cm³/mol. The Morgan fingerprint density at radius 2 is 1.67 bits per heavy atom. The van der Waals surface area contributed by atoms with E-state index in [1.807, 2.05) is 24.3 Å². The van der Waals surface area contributed by atoms with Crippen LogP contribution in [0.3, 0.4) is 0 Å². The van der Waals surface area contributed by atoms with Crippen molar-refractivity contribution < 1.29 is 19.4 Å². The third-order valence-corrected chi connectivity index (χ3v) is 4.32. The van der Waals surface area contributed by atoms with Crippen molar-refractivity contribution in [3.8, 4) is 5.75 Å². The van der Waals surface area contributed by atoms with Crippen LogP contribution in [-0.2, 0) is 13.0 Å². The van der Waals surface area contributed by atoms with Crippen molar-refractivity contribution in [2.75, 3.05) is 20.7 Å². The third kappa shape index (κ3) is 6.33. The molecule has 27 heavy (non-hydrogen) atoms. The van der Waals surface area contributed by atoms with Crippen LogP contribution in [0.4, 0.5) is 4.79 Å². The summed E-state index contributed by atoms with van der Waals surface area (Å²) in [6.45, 7) is 3.10. The minimum Gasteiger partial charge on any atom is -0.497 e. The first-order chi connectivity index (χ1) is 12.9. The van der Waals surface area contributed by atoms with Crippen molar-refractivity contribution in [1.29, 1.82) is 0 Å². The zero-order valence-electron chi connectivity index (χ0n) is 15.9. The highest BCUT2D eigenvalue weighted by Gasteiger charge is 2.13. The van der Waals surface area contributed by atoms with Crippen LogP contribution in [0.2, 0.25) is 0 Å². The van der Waals surface area contributed by atoms with Gasteiger partial charge in [0.25, 0.3) is 0 Å². The highest BCUT2D eigenvalue weighted by atomic mass is 16.5. The van der Waals surface area contributed by atoms with E-state index in [4.69, 9.17) is 9.84 Å². The van der Waals surface area contributed by atoms with Gasteiger partial charge in [0.2, 0.25) is 0 Å². The number of hydrogen-bond acceptors (Lipinski definition) is 3. The molecule has 0 fully saturated rings. The number of carboxylic acid groups (broad SMARTS) is 1. The fourth-order valence-electron chi connectivity index (χ4n) is 2.86. The van der Waals surface area contributed by atoms with Crippen LogP contribution in [0.25, 0.3) is 0 Å². The first kappa shape index (κ1) is 20.3. The van der Waals surface area contributed by atoms with Crippen molar-refractivity contribution in [2.45, 2.75) is 19.9 Å². The number of amides is 2. The van der Waals surface area contributed by atoms with E-state index in [0.717, 1.165) is 17.7 Å². The summed E-state index contributed by atoms with van der Waals surface area (Å²) < 4.78 is 5.16. The fraction of sp³-hybridized carbons (Fsp3) is 0.333. The molecule has 0 aliphatic carbocycles. The molecule has 6 nitrogen and oxygen atoms in total. The highest BCUT2D eigenvalue weighted by molar-refractivity contribution is 5.87. The Hall–Kier alpha value is -3.02. The van der Waals surface area contributed by atoms with E-state index in [0.29, 0.717) is 19.0 Å². The first-order valence-corrected chi connectivity index (χ1v) is 8.83. The lowest BCUT2D eigenvalue weighted by atomic mass is 10.0. The maximum atomic E-state index is 12.3. The van der Waals surface area contributed by atoms with E-state index < -0.39 is 5.97 Å². The van der Waals surface area contributed by atoms with E-state index in [1.54, 1.807) is 31.2 Å². The summed E-state index contributed by atoms with van der Waals surface area (Å²) in [6.07, 6.45) is 0.873. The molecule has 1 atom stereocenters. The maximum absolute atomic E-state index is 12.3. The lowest BCUT2D eigenvalue weighted by Crippen LogP contribution is -2.39. The summed E-state index contributed by atoms with van der Waals surface area (Å²) >= 11 is 0. The molecule has 2 amide bonds. The van der Waals surface area contributed by atoms with Crippen LogP contribution in [0, 0.1) is 5.92 Å². The Morgan fingerprint density at radius 1 is 1.07 bits per heavy atom. The van der Waals surface area contributed by atoms with Gasteiger partial charge in [0.1, 0.15) is 5.75 Å². The summed E-state index contributed by atoms with van der Waals surface area (Å²) in [5, 5.41) is 11.8. The van der Waals surface area contributed by atoms with Gasteiger partial charge in [0, 0.05) is 20.1 Å². The second kappa shape index (κ2) is 9.62. The summed E-state index contributed by atoms with van der Waals surface area (Å²) in [5.41, 5.74) is 2.29. The number of carbonyl (C=O) groups excluding carboxylic acids is 1. The molecule has 0 spiro atoms. The van der Waals surface area contributed by atoms with Crippen molar-refractivity contribution in [3.05, 3.63) is 65.2 Å². The van der Waals surface area contributed by atoms with Crippen LogP contribution in [0.15, 0.2) is 48.5 Å². The quantitative estimate of drug-likeness (QED) is 0.746. The van der Waals surface area contributed by atoms with E-state index >= 15 is 0 Å². The van der Waals surface area contributed by atoms with E-state index in [1.165, 1.54) is 17.7 Å². The number of nitrogens with zero attached hydrogens (tertiary/aromatic N) is 1. The van der Waals surface area contributed by atoms with Crippen LogP contribution in [0.5, 0.6) is 5.75 Å². The SMILES string of the molecule is COc1ccc(CC(C)CN(C)C(=O)NCc2ccc(C(=O)O)cc2)cc1. The van der Waals surface area contributed by atoms with Gasteiger partial charge in [-0.25, -0.2) is 9.59 Å². The van der Waals surface area contributed by atoms with Gasteiger partial charge in [-0.1, -0.05) is 31.2 Å². The highest BCUT2D eigenvalue weighted by Crippen LogP contribution is 2.15. The fourth-order valence-corrected chi connectivity index (χ4v) is 2.86. The topological polar surface area (TPSA) is 78.9 Å². The Labute approximate surface area is 159 Å². The molecule has 2 rings (SSSR count). The van der Waals surface area contributed by atoms with E-state index in [-0.39, 0.29) is 11.6 Å². The lowest BCUT2D eigenvalue weighted by Gasteiger charge is -2.22. The number of carboxylic acids is 1. The van der Waals surface area contributed by atoms with Gasteiger partial charge >= 0.3 is 12.0 Å². The van der Waals surface area contributed by atoms with Gasteiger partial charge in [-0.15, -0.1) is 0 Å². The molecule has 0 radical (unpaired) electrons. The minimum atomic E-state index is -0.962. The molecular weight excluding hydrogens is 344 g/mol. The van der Waals surface area contributed by atoms with E-state index in [9.17, 15) is 9.59 Å². The molecular formula is C21H26N2O4. The van der Waals surface area contributed by atoms with Crippen molar-refractivity contribution >= 4 is 12.0 Å². The van der Waals surface area contributed by atoms with Gasteiger partial charge in [0.15, 0.2) is 0 Å². The maximum Gasteiger partial charge on any atom is 0.335 e. The monoisotopic (exact) mass is 370 g/mol. The molecule has 1 unspecified atom stereocenters. The Kier molecular flexibility index (Phi) is 7.23. The molecule has 6 heteroatoms. The average molecular weight is 370 g/mol. The van der Waals surface area contributed by atoms with Crippen molar-refractivity contribution in [2.24, 2.45) is 5.92 Å². The molecule has 0 aliphatic rings. The molecule has 144 valence electrons. The molecule has 2 aromatic carbocycles. The number of aromatic carboxylic acids is 1. The summed E-state index contributed by atoms with van der Waals surface area (Å²) in [6, 6.07) is 14.3. The Balaban J connectivity index is 1.79. The predicted octanol–water partition coefficient (Wildman–Crippen LogP) is 3.41. The zero-order valence-corrected chi connectivity index (χ0v) is 15.9. The summed E-state index contributed by atoms with van der Waals surface area (Å²) in [4.78, 5) is 24.8. The number of benzene rings is 2. The standard InChI is InChI=1S/C21H26N2O4/c1-15(12-16-6-10-19(27-3)11-7-16)14-23(2)21(26)22-13-17-4-8-18(9-5-17)20(24)25/h4-11,15H,12-14H2,1-3H3,(H,22,26)(H,24,25). The minimum absolute atomic E-state index is 0.154. The number of urea groups is 1. The molecule has 0 heterocycles. The number of ether oxygens (including phenoxy) is 1. The van der Waals surface area contributed by atoms with Crippen molar-refractivity contribution in [3.63, 3.8) is 0 Å². The number of carbonyl (C=O) groups is 2. The van der Waals surface area contributed by atoms with Crippen LogP contribution in [0.1, 0.15) is 28.4 Å². The first-order valence-electron chi connectivity index (χ1n) is 8.83. The van der Waals surface area contributed by atoms with Crippen molar-refractivity contribution in [1.82, 2.24) is 10.2 Å². The lowest BCUT2D eigenvalue weighted by molar-refractivity contribution is 0.0697. The van der Waals surface area contributed by atoms with Gasteiger partial charge in [-0.2, -0.15) is 0 Å². The number of hydrogen-bond donors (Lipinski definition) is 2.